The van der Waals surface area contributed by atoms with Gasteiger partial charge in [-0.15, -0.1) is 0 Å². The van der Waals surface area contributed by atoms with E-state index in [1.54, 1.807) is 25.1 Å². The molecule has 4 atom stereocenters. The minimum Gasteiger partial charge on any atom is -0.484 e. The molecule has 2 aromatic carbocycles. The lowest BCUT2D eigenvalue weighted by Gasteiger charge is -2.39. The number of piperidine rings is 1. The smallest absolute Gasteiger partial charge is 0.407 e. The van der Waals surface area contributed by atoms with Gasteiger partial charge in [-0.05, 0) is 95.5 Å². The number of benzene rings is 2. The van der Waals surface area contributed by atoms with Gasteiger partial charge in [0.1, 0.15) is 17.5 Å². The second kappa shape index (κ2) is 16.3. The molecule has 11 nitrogen and oxygen atoms in total. The molecule has 0 bridgehead atoms. The van der Waals surface area contributed by atoms with E-state index in [0.29, 0.717) is 55.1 Å². The Kier molecular flexibility index (Phi) is 13.0. The highest BCUT2D eigenvalue weighted by atomic mass is 35.5. The van der Waals surface area contributed by atoms with E-state index >= 15 is 0 Å². The Hall–Kier alpha value is -2.16. The van der Waals surface area contributed by atoms with Crippen molar-refractivity contribution in [3.05, 3.63) is 57.6 Å². The van der Waals surface area contributed by atoms with Crippen molar-refractivity contribution in [3.63, 3.8) is 0 Å². The number of nitrogens with zero attached hydrogens (tertiary/aromatic N) is 1. The Morgan fingerprint density at radius 2 is 1.83 bits per heavy atom. The second-order valence-corrected chi connectivity index (χ2v) is 15.3. The molecule has 256 valence electrons. The van der Waals surface area contributed by atoms with Crippen LogP contribution in [0.2, 0.25) is 10.0 Å². The molecular formula is C32H46Cl2N4O7S. The first-order valence-corrected chi connectivity index (χ1v) is 17.9. The zero-order valence-electron chi connectivity index (χ0n) is 26.9. The quantitative estimate of drug-likeness (QED) is 0.240. The zero-order valence-corrected chi connectivity index (χ0v) is 29.2. The monoisotopic (exact) mass is 700 g/mol. The SMILES string of the molecule is C[C@@H](COCCOCCN)NS(=O)(=O)c1ccc(OC2c3cc(Cl)cc(Cl)c3C[C@@H]2N2CCC[C@@H](NC(=O)OC(C)(C)C)C2)cc1. The van der Waals surface area contributed by atoms with Gasteiger partial charge in [0.05, 0.1) is 37.4 Å². The van der Waals surface area contributed by atoms with Crippen LogP contribution in [0.15, 0.2) is 41.3 Å². The minimum absolute atomic E-state index is 0.0821. The Bertz CT molecular complexity index is 1420. The zero-order chi connectivity index (χ0) is 33.5. The summed E-state index contributed by atoms with van der Waals surface area (Å²) in [6.07, 6.45) is 1.52. The number of nitrogens with two attached hydrogens (primary N) is 1. The summed E-state index contributed by atoms with van der Waals surface area (Å²) in [4.78, 5) is 14.9. The molecule has 2 aromatic rings. The number of sulfonamides is 1. The molecule has 1 heterocycles. The molecule has 1 amide bonds. The van der Waals surface area contributed by atoms with Crippen LogP contribution < -0.4 is 20.5 Å². The van der Waals surface area contributed by atoms with Gasteiger partial charge in [-0.2, -0.15) is 0 Å². The van der Waals surface area contributed by atoms with Gasteiger partial charge in [0, 0.05) is 40.8 Å². The van der Waals surface area contributed by atoms with Crippen molar-refractivity contribution in [3.8, 4) is 5.75 Å². The summed E-state index contributed by atoms with van der Waals surface area (Å²) in [7, 11) is -3.79. The number of halogens is 2. The van der Waals surface area contributed by atoms with Crippen molar-refractivity contribution < 1.29 is 32.2 Å². The lowest BCUT2D eigenvalue weighted by molar-refractivity contribution is 0.0362. The number of hydrogen-bond acceptors (Lipinski definition) is 9. The maximum absolute atomic E-state index is 13.0. The van der Waals surface area contributed by atoms with Gasteiger partial charge >= 0.3 is 6.09 Å². The van der Waals surface area contributed by atoms with Crippen molar-refractivity contribution in [1.29, 1.82) is 0 Å². The molecule has 0 aromatic heterocycles. The molecule has 0 saturated carbocycles. The highest BCUT2D eigenvalue weighted by Gasteiger charge is 2.41. The molecule has 1 saturated heterocycles. The number of alkyl carbamates (subject to hydrolysis) is 1. The van der Waals surface area contributed by atoms with Crippen molar-refractivity contribution in [1.82, 2.24) is 14.9 Å². The lowest BCUT2D eigenvalue weighted by atomic mass is 10.0. The molecule has 1 aliphatic heterocycles. The molecule has 1 fully saturated rings. The van der Waals surface area contributed by atoms with Crippen molar-refractivity contribution in [2.45, 2.75) is 81.7 Å². The Labute approximate surface area is 282 Å². The van der Waals surface area contributed by atoms with Crippen LogP contribution in [0.4, 0.5) is 4.79 Å². The van der Waals surface area contributed by atoms with Crippen molar-refractivity contribution in [2.24, 2.45) is 5.73 Å². The van der Waals surface area contributed by atoms with E-state index in [1.807, 2.05) is 26.8 Å². The number of ether oxygens (including phenoxy) is 4. The maximum Gasteiger partial charge on any atom is 0.407 e. The van der Waals surface area contributed by atoms with Crippen LogP contribution in [0.25, 0.3) is 0 Å². The highest BCUT2D eigenvalue weighted by molar-refractivity contribution is 7.89. The summed E-state index contributed by atoms with van der Waals surface area (Å²) in [5.74, 6) is 0.507. The number of rotatable bonds is 14. The van der Waals surface area contributed by atoms with Gasteiger partial charge in [-0.1, -0.05) is 23.2 Å². The third-order valence-electron chi connectivity index (χ3n) is 7.66. The predicted molar refractivity (Wildman–Crippen MR) is 178 cm³/mol. The van der Waals surface area contributed by atoms with Gasteiger partial charge < -0.3 is 30.0 Å². The second-order valence-electron chi connectivity index (χ2n) is 12.7. The summed E-state index contributed by atoms with van der Waals surface area (Å²) in [6, 6.07) is 9.33. The maximum atomic E-state index is 13.0. The van der Waals surface area contributed by atoms with Crippen LogP contribution >= 0.6 is 23.2 Å². The fourth-order valence-corrected chi connectivity index (χ4v) is 7.57. The average molecular weight is 702 g/mol. The van der Waals surface area contributed by atoms with Gasteiger partial charge in [0.2, 0.25) is 10.0 Å². The van der Waals surface area contributed by atoms with Gasteiger partial charge in [0.25, 0.3) is 0 Å². The molecule has 2 aliphatic rings. The summed E-state index contributed by atoms with van der Waals surface area (Å²) in [5.41, 5.74) is 6.66. The molecule has 0 radical (unpaired) electrons. The molecule has 4 rings (SSSR count). The summed E-state index contributed by atoms with van der Waals surface area (Å²) in [6.45, 7) is 10.5. The Morgan fingerprint density at radius 3 is 2.52 bits per heavy atom. The lowest BCUT2D eigenvalue weighted by Crippen LogP contribution is -2.53. The topological polar surface area (TPSA) is 141 Å². The van der Waals surface area contributed by atoms with E-state index in [-0.39, 0.29) is 23.6 Å². The van der Waals surface area contributed by atoms with E-state index < -0.39 is 33.9 Å². The number of hydrogen-bond donors (Lipinski definition) is 3. The van der Waals surface area contributed by atoms with Gasteiger partial charge in [-0.25, -0.2) is 17.9 Å². The third kappa shape index (κ3) is 10.4. The molecule has 1 unspecified atom stereocenters. The van der Waals surface area contributed by atoms with E-state index in [0.717, 1.165) is 30.5 Å². The summed E-state index contributed by atoms with van der Waals surface area (Å²) >= 11 is 13.1. The number of amides is 1. The molecular weight excluding hydrogens is 655 g/mol. The Morgan fingerprint density at radius 1 is 1.11 bits per heavy atom. The fraction of sp³-hybridized carbons (Fsp3) is 0.594. The van der Waals surface area contributed by atoms with E-state index in [2.05, 4.69) is 14.9 Å². The van der Waals surface area contributed by atoms with Crippen LogP contribution in [-0.2, 0) is 30.7 Å². The van der Waals surface area contributed by atoms with Crippen LogP contribution in [-0.4, -0.2) is 89.2 Å². The highest BCUT2D eigenvalue weighted by Crippen LogP contribution is 2.43. The van der Waals surface area contributed by atoms with Crippen LogP contribution in [0, 0.1) is 0 Å². The van der Waals surface area contributed by atoms with Crippen LogP contribution in [0.1, 0.15) is 57.8 Å². The van der Waals surface area contributed by atoms with E-state index in [4.69, 9.17) is 47.9 Å². The van der Waals surface area contributed by atoms with E-state index in [1.165, 1.54) is 12.1 Å². The van der Waals surface area contributed by atoms with Crippen molar-refractivity contribution >= 4 is 39.3 Å². The average Bonchev–Trinajstić information content (AvgIpc) is 3.32. The molecule has 0 spiro atoms. The first kappa shape index (κ1) is 36.7. The number of carbonyl (C=O) groups excluding carboxylic acids is 1. The molecule has 46 heavy (non-hydrogen) atoms. The predicted octanol–water partition coefficient (Wildman–Crippen LogP) is 4.69. The minimum atomic E-state index is -3.79. The summed E-state index contributed by atoms with van der Waals surface area (Å²) in [5, 5.41) is 4.10. The van der Waals surface area contributed by atoms with Crippen LogP contribution in [0.5, 0.6) is 5.75 Å². The largest absolute Gasteiger partial charge is 0.484 e. The number of nitrogens with one attached hydrogen (secondary N) is 2. The molecule has 14 heteroatoms. The van der Waals surface area contributed by atoms with Gasteiger partial charge in [0.15, 0.2) is 0 Å². The number of fused-ring (bicyclic) bond motifs is 1. The molecule has 4 N–H and O–H groups in total. The standard InChI is InChI=1S/C32H46Cl2N4O7S/c1-21(20-43-15-14-42-13-11-35)37-46(40,41)25-9-7-24(8-10-25)44-30-27-16-22(33)17-28(34)26(27)18-29(30)38-12-5-6-23(19-38)36-31(39)45-32(2,3)4/h7-10,16-17,21,23,29-30,37H,5-6,11-15,18-20,35H2,1-4H3,(H,36,39)/t21-,23+,29-,30?/m0/s1. The normalized spacial score (nSPS) is 21.1. The number of likely N-dealkylation sites (tertiary alicyclic amines) is 1. The van der Waals surface area contributed by atoms with E-state index in [9.17, 15) is 13.2 Å². The third-order valence-corrected chi connectivity index (χ3v) is 9.82. The van der Waals surface area contributed by atoms with Gasteiger partial charge in [-0.3, -0.25) is 4.90 Å². The fourth-order valence-electron chi connectivity index (χ4n) is 5.75. The molecule has 1 aliphatic carbocycles. The first-order valence-electron chi connectivity index (χ1n) is 15.6. The van der Waals surface area contributed by atoms with Crippen molar-refractivity contribution in [2.75, 3.05) is 46.1 Å². The van der Waals surface area contributed by atoms with Crippen LogP contribution in [0.3, 0.4) is 0 Å². The first-order chi connectivity index (χ1) is 21.8. The Balaban J connectivity index is 1.44. The number of carbonyl (C=O) groups is 1. The summed E-state index contributed by atoms with van der Waals surface area (Å²) < 4.78 is 51.5.